The Bertz CT molecular complexity index is 333. The predicted molar refractivity (Wildman–Crippen MR) is 65.6 cm³/mol. The summed E-state index contributed by atoms with van der Waals surface area (Å²) in [6.45, 7) is 8.68. The Morgan fingerprint density at radius 3 is 2.71 bits per heavy atom. The molecular weight excluding hydrogens is 237 g/mol. The van der Waals surface area contributed by atoms with E-state index in [2.05, 4.69) is 18.8 Å². The maximum Gasteiger partial charge on any atom is 0.0991 e. The molecule has 4 heteroatoms. The fourth-order valence-electron chi connectivity index (χ4n) is 1.09. The quantitative estimate of drug-likeness (QED) is 0.786. The lowest BCUT2D eigenvalue weighted by Crippen LogP contribution is -2.19. The summed E-state index contributed by atoms with van der Waals surface area (Å²) in [6, 6.07) is 2.12. The van der Waals surface area contributed by atoms with Gasteiger partial charge in [0.05, 0.1) is 8.67 Å². The minimum atomic E-state index is 0.211. The molecule has 0 aliphatic carbocycles. The third kappa shape index (κ3) is 3.28. The van der Waals surface area contributed by atoms with Crippen LogP contribution in [0, 0.1) is 0 Å². The van der Waals surface area contributed by atoms with Gasteiger partial charge < -0.3 is 5.32 Å². The third-order valence-corrected chi connectivity index (χ3v) is 3.38. The molecule has 1 atom stereocenters. The molecule has 0 amide bonds. The molecule has 0 fully saturated rings. The van der Waals surface area contributed by atoms with Gasteiger partial charge in [0, 0.05) is 12.6 Å². The van der Waals surface area contributed by atoms with Crippen LogP contribution in [0.4, 0.5) is 0 Å². The number of thiophene rings is 1. The van der Waals surface area contributed by atoms with Crippen LogP contribution >= 0.6 is 34.5 Å². The Hall–Kier alpha value is -0.0200. The Kier molecular flexibility index (Phi) is 4.45. The fraction of sp³-hybridized carbons (Fsp3) is 0.400. The first-order chi connectivity index (χ1) is 6.50. The number of nitrogens with one attached hydrogen (secondary N) is 1. The summed E-state index contributed by atoms with van der Waals surface area (Å²) < 4.78 is 1.49. The lowest BCUT2D eigenvalue weighted by molar-refractivity contribution is 0.609. The Labute approximate surface area is 98.7 Å². The summed E-state index contributed by atoms with van der Waals surface area (Å²) in [5.41, 5.74) is 2.16. The second kappa shape index (κ2) is 5.17. The average Bonchev–Trinajstić information content (AvgIpc) is 2.41. The van der Waals surface area contributed by atoms with Crippen LogP contribution < -0.4 is 5.32 Å². The number of hydrogen-bond acceptors (Lipinski definition) is 2. The molecular formula is C10H13Cl2NS. The van der Waals surface area contributed by atoms with Gasteiger partial charge in [-0.1, -0.05) is 35.4 Å². The minimum Gasteiger partial charge on any atom is -0.306 e. The van der Waals surface area contributed by atoms with Gasteiger partial charge in [-0.05, 0) is 25.5 Å². The zero-order chi connectivity index (χ0) is 10.7. The highest BCUT2D eigenvalue weighted by molar-refractivity contribution is 7.20. The maximum absolute atomic E-state index is 6.03. The van der Waals surface area contributed by atoms with E-state index < -0.39 is 0 Å². The molecule has 0 radical (unpaired) electrons. The highest BCUT2D eigenvalue weighted by Gasteiger charge is 2.12. The van der Waals surface area contributed by atoms with Crippen LogP contribution in [0.15, 0.2) is 18.2 Å². The molecule has 0 saturated heterocycles. The number of hydrogen-bond donors (Lipinski definition) is 1. The lowest BCUT2D eigenvalue weighted by atomic mass is 10.2. The van der Waals surface area contributed by atoms with E-state index in [0.717, 1.165) is 26.4 Å². The van der Waals surface area contributed by atoms with Gasteiger partial charge in [-0.25, -0.2) is 0 Å². The van der Waals surface area contributed by atoms with Crippen LogP contribution in [-0.4, -0.2) is 6.54 Å². The van der Waals surface area contributed by atoms with Crippen LogP contribution in [0.25, 0.3) is 0 Å². The molecule has 0 aromatic carbocycles. The van der Waals surface area contributed by atoms with Crippen LogP contribution in [0.2, 0.25) is 8.67 Å². The van der Waals surface area contributed by atoms with Crippen molar-refractivity contribution in [3.63, 3.8) is 0 Å². The van der Waals surface area contributed by atoms with Crippen molar-refractivity contribution in [2.24, 2.45) is 0 Å². The van der Waals surface area contributed by atoms with E-state index in [1.54, 1.807) is 0 Å². The normalized spacial score (nSPS) is 12.9. The van der Waals surface area contributed by atoms with Crippen molar-refractivity contribution >= 4 is 34.5 Å². The molecule has 0 bridgehead atoms. The summed E-state index contributed by atoms with van der Waals surface area (Å²) in [4.78, 5) is 0. The van der Waals surface area contributed by atoms with Crippen molar-refractivity contribution in [3.05, 3.63) is 32.5 Å². The van der Waals surface area contributed by atoms with Crippen molar-refractivity contribution in [3.8, 4) is 0 Å². The first-order valence-corrected chi connectivity index (χ1v) is 5.90. The molecule has 0 spiro atoms. The number of rotatable bonds is 4. The molecule has 1 unspecified atom stereocenters. The zero-order valence-electron chi connectivity index (χ0n) is 8.23. The van der Waals surface area contributed by atoms with E-state index in [0.29, 0.717) is 0 Å². The van der Waals surface area contributed by atoms with E-state index in [-0.39, 0.29) is 6.04 Å². The molecule has 0 aliphatic rings. The summed E-state index contributed by atoms with van der Waals surface area (Å²) in [6.07, 6.45) is 0. The van der Waals surface area contributed by atoms with Gasteiger partial charge in [0.2, 0.25) is 0 Å². The zero-order valence-corrected chi connectivity index (χ0v) is 10.6. The molecule has 1 heterocycles. The van der Waals surface area contributed by atoms with Crippen molar-refractivity contribution < 1.29 is 0 Å². The first kappa shape index (κ1) is 12.1. The van der Waals surface area contributed by atoms with Gasteiger partial charge in [-0.15, -0.1) is 11.3 Å². The smallest absolute Gasteiger partial charge is 0.0991 e. The van der Waals surface area contributed by atoms with Crippen molar-refractivity contribution in [1.82, 2.24) is 5.32 Å². The summed E-state index contributed by atoms with van der Waals surface area (Å²) in [5, 5.41) is 3.32. The molecule has 0 aliphatic heterocycles. The lowest BCUT2D eigenvalue weighted by Gasteiger charge is -2.12. The van der Waals surface area contributed by atoms with Gasteiger partial charge in [0.1, 0.15) is 0 Å². The molecule has 1 N–H and O–H groups in total. The van der Waals surface area contributed by atoms with Crippen LogP contribution in [-0.2, 0) is 0 Å². The first-order valence-electron chi connectivity index (χ1n) is 4.33. The second-order valence-corrected chi connectivity index (χ2v) is 5.62. The summed E-state index contributed by atoms with van der Waals surface area (Å²) >= 11 is 13.3. The second-order valence-electron chi connectivity index (χ2n) is 3.34. The Balaban J connectivity index is 2.64. The van der Waals surface area contributed by atoms with Crippen LogP contribution in [0.1, 0.15) is 25.5 Å². The molecule has 1 aromatic heterocycles. The van der Waals surface area contributed by atoms with Crippen molar-refractivity contribution in [2.45, 2.75) is 19.9 Å². The standard InChI is InChI=1S/C10H13Cl2NS/c1-6(2)5-13-7(3)8-4-9(11)14-10(8)12/h4,7,13H,1,5H2,2-3H3. The topological polar surface area (TPSA) is 12.0 Å². The van der Waals surface area contributed by atoms with Crippen LogP contribution in [0.5, 0.6) is 0 Å². The summed E-state index contributed by atoms with van der Waals surface area (Å²) in [7, 11) is 0. The number of halogens is 2. The van der Waals surface area contributed by atoms with Crippen molar-refractivity contribution in [1.29, 1.82) is 0 Å². The van der Waals surface area contributed by atoms with E-state index in [9.17, 15) is 0 Å². The van der Waals surface area contributed by atoms with Gasteiger partial charge in [0.15, 0.2) is 0 Å². The molecule has 1 aromatic rings. The molecule has 78 valence electrons. The Morgan fingerprint density at radius 2 is 2.29 bits per heavy atom. The molecule has 14 heavy (non-hydrogen) atoms. The maximum atomic E-state index is 6.03. The van der Waals surface area contributed by atoms with E-state index in [1.165, 1.54) is 11.3 Å². The van der Waals surface area contributed by atoms with Crippen molar-refractivity contribution in [2.75, 3.05) is 6.54 Å². The van der Waals surface area contributed by atoms with E-state index >= 15 is 0 Å². The van der Waals surface area contributed by atoms with Gasteiger partial charge in [-0.2, -0.15) is 0 Å². The Morgan fingerprint density at radius 1 is 1.64 bits per heavy atom. The van der Waals surface area contributed by atoms with Crippen LogP contribution in [0.3, 0.4) is 0 Å². The van der Waals surface area contributed by atoms with Gasteiger partial charge >= 0.3 is 0 Å². The third-order valence-electron chi connectivity index (χ3n) is 1.86. The predicted octanol–water partition coefficient (Wildman–Crippen LogP) is 4.28. The average molecular weight is 250 g/mol. The monoisotopic (exact) mass is 249 g/mol. The van der Waals surface area contributed by atoms with E-state index in [1.807, 2.05) is 13.0 Å². The minimum absolute atomic E-state index is 0.211. The summed E-state index contributed by atoms with van der Waals surface area (Å²) in [5.74, 6) is 0. The van der Waals surface area contributed by atoms with Gasteiger partial charge in [0.25, 0.3) is 0 Å². The van der Waals surface area contributed by atoms with E-state index in [4.69, 9.17) is 23.2 Å². The molecule has 1 nitrogen and oxygen atoms in total. The fourth-order valence-corrected chi connectivity index (χ4v) is 2.73. The SMILES string of the molecule is C=C(C)CNC(C)c1cc(Cl)sc1Cl. The molecule has 0 saturated carbocycles. The highest BCUT2D eigenvalue weighted by Crippen LogP contribution is 2.34. The highest BCUT2D eigenvalue weighted by atomic mass is 35.5. The largest absolute Gasteiger partial charge is 0.306 e. The van der Waals surface area contributed by atoms with Gasteiger partial charge in [-0.3, -0.25) is 0 Å². The molecule has 1 rings (SSSR count).